The summed E-state index contributed by atoms with van der Waals surface area (Å²) < 4.78 is 5.10. The highest BCUT2D eigenvalue weighted by molar-refractivity contribution is 5.87. The number of hydrogen-bond donors (Lipinski definition) is 1. The van der Waals surface area contributed by atoms with Crippen LogP contribution in [0.2, 0.25) is 0 Å². The topological polar surface area (TPSA) is 46.5 Å². The molecule has 3 heteroatoms. The largest absolute Gasteiger partial charge is 0.460 e. The van der Waals surface area contributed by atoms with E-state index in [1.807, 2.05) is 19.9 Å². The van der Waals surface area contributed by atoms with Crippen LogP contribution >= 0.6 is 0 Å². The number of aliphatic hydroxyl groups excluding tert-OH is 1. The number of esters is 1. The maximum absolute atomic E-state index is 11.5. The number of aliphatic hydroxyl groups is 1. The first-order valence-corrected chi connectivity index (χ1v) is 5.24. The van der Waals surface area contributed by atoms with Gasteiger partial charge in [0.05, 0.1) is 6.61 Å². The molecule has 3 nitrogen and oxygen atoms in total. The number of carbonyl (C=O) groups excluding carboxylic acids is 1. The fraction of sp³-hybridized carbons (Fsp3) is 0.583. The zero-order valence-electron chi connectivity index (χ0n) is 9.12. The van der Waals surface area contributed by atoms with Crippen LogP contribution in [0.3, 0.4) is 0 Å². The Morgan fingerprint density at radius 3 is 3.00 bits per heavy atom. The van der Waals surface area contributed by atoms with Crippen LogP contribution in [0.1, 0.15) is 26.7 Å². The average Bonchev–Trinajstić information content (AvgIpc) is 2.48. The van der Waals surface area contributed by atoms with Gasteiger partial charge in [0.15, 0.2) is 0 Å². The number of ether oxygens (including phenoxy) is 1. The van der Waals surface area contributed by atoms with Crippen LogP contribution in [-0.4, -0.2) is 23.8 Å². The Hall–Kier alpha value is -1.09. The number of fused-ring (bicyclic) bond motifs is 1. The molecule has 0 spiro atoms. The lowest BCUT2D eigenvalue weighted by atomic mass is 9.77. The summed E-state index contributed by atoms with van der Waals surface area (Å²) in [5.74, 6) is -0.145. The highest BCUT2D eigenvalue weighted by Crippen LogP contribution is 2.50. The fourth-order valence-electron chi connectivity index (χ4n) is 2.21. The van der Waals surface area contributed by atoms with E-state index in [1.54, 1.807) is 0 Å². The minimum Gasteiger partial charge on any atom is -0.460 e. The molecule has 0 bridgehead atoms. The van der Waals surface area contributed by atoms with E-state index in [1.165, 1.54) is 5.57 Å². The summed E-state index contributed by atoms with van der Waals surface area (Å²) in [4.78, 5) is 11.5. The number of rotatable bonds is 3. The Bertz CT molecular complexity index is 350. The number of hydrogen-bond acceptors (Lipinski definition) is 3. The molecule has 0 aromatic carbocycles. The Labute approximate surface area is 89.4 Å². The van der Waals surface area contributed by atoms with Crippen molar-refractivity contribution in [1.82, 2.24) is 0 Å². The van der Waals surface area contributed by atoms with Crippen molar-refractivity contribution in [2.24, 2.45) is 5.41 Å². The standard InChI is InChI=1S/C12H16O3/c1-8(2)3-4-12-6-9(7-13)5-10(12)15-11(12)14/h3,6,10,13H,4-5,7H2,1-2H3/t10-,12+/m1/s1. The van der Waals surface area contributed by atoms with E-state index in [4.69, 9.17) is 9.84 Å². The molecule has 1 aliphatic heterocycles. The van der Waals surface area contributed by atoms with Crippen LogP contribution in [0.25, 0.3) is 0 Å². The molecule has 0 radical (unpaired) electrons. The van der Waals surface area contributed by atoms with Crippen molar-refractivity contribution in [3.63, 3.8) is 0 Å². The normalized spacial score (nSPS) is 32.6. The van der Waals surface area contributed by atoms with Gasteiger partial charge in [0.1, 0.15) is 11.5 Å². The van der Waals surface area contributed by atoms with Gasteiger partial charge in [-0.05, 0) is 25.8 Å². The number of allylic oxidation sites excluding steroid dienone is 2. The van der Waals surface area contributed by atoms with Gasteiger partial charge in [-0.3, -0.25) is 4.79 Å². The monoisotopic (exact) mass is 208 g/mol. The van der Waals surface area contributed by atoms with E-state index in [0.29, 0.717) is 12.8 Å². The molecule has 0 aromatic heterocycles. The van der Waals surface area contributed by atoms with Gasteiger partial charge in [-0.1, -0.05) is 17.7 Å². The Balaban J connectivity index is 2.20. The quantitative estimate of drug-likeness (QED) is 0.565. The van der Waals surface area contributed by atoms with Crippen molar-refractivity contribution >= 4 is 5.97 Å². The second kappa shape index (κ2) is 3.49. The summed E-state index contributed by atoms with van der Waals surface area (Å²) in [6, 6.07) is 0. The first kappa shape index (κ1) is 10.4. The van der Waals surface area contributed by atoms with E-state index in [-0.39, 0.29) is 18.7 Å². The minimum absolute atomic E-state index is 0.0315. The van der Waals surface area contributed by atoms with Crippen molar-refractivity contribution in [1.29, 1.82) is 0 Å². The van der Waals surface area contributed by atoms with Gasteiger partial charge in [0.25, 0.3) is 0 Å². The van der Waals surface area contributed by atoms with E-state index >= 15 is 0 Å². The molecule has 1 saturated heterocycles. The first-order chi connectivity index (χ1) is 7.08. The van der Waals surface area contributed by atoms with Crippen molar-refractivity contribution in [3.05, 3.63) is 23.3 Å². The molecule has 82 valence electrons. The Kier molecular flexibility index (Phi) is 2.43. The third-order valence-corrected chi connectivity index (χ3v) is 3.16. The molecule has 2 rings (SSSR count). The van der Waals surface area contributed by atoms with Crippen molar-refractivity contribution in [3.8, 4) is 0 Å². The van der Waals surface area contributed by atoms with Crippen LogP contribution < -0.4 is 0 Å². The Morgan fingerprint density at radius 2 is 2.47 bits per heavy atom. The summed E-state index contributed by atoms with van der Waals surface area (Å²) in [6.45, 7) is 4.06. The van der Waals surface area contributed by atoms with Gasteiger partial charge in [0, 0.05) is 6.42 Å². The lowest BCUT2D eigenvalue weighted by molar-refractivity contribution is -0.194. The van der Waals surface area contributed by atoms with E-state index < -0.39 is 5.41 Å². The van der Waals surface area contributed by atoms with Gasteiger partial charge >= 0.3 is 5.97 Å². The van der Waals surface area contributed by atoms with Crippen LogP contribution in [0.4, 0.5) is 0 Å². The predicted molar refractivity (Wildman–Crippen MR) is 56.1 cm³/mol. The molecule has 1 fully saturated rings. The van der Waals surface area contributed by atoms with Crippen molar-refractivity contribution in [2.75, 3.05) is 6.61 Å². The summed E-state index contributed by atoms with van der Waals surface area (Å²) in [6.07, 6.45) is 5.32. The van der Waals surface area contributed by atoms with E-state index in [0.717, 1.165) is 5.57 Å². The predicted octanol–water partition coefficient (Wildman–Crippen LogP) is 1.58. The van der Waals surface area contributed by atoms with Crippen LogP contribution in [-0.2, 0) is 9.53 Å². The van der Waals surface area contributed by atoms with Crippen LogP contribution in [0.15, 0.2) is 23.3 Å². The molecule has 0 unspecified atom stereocenters. The molecular weight excluding hydrogens is 192 g/mol. The zero-order chi connectivity index (χ0) is 11.1. The third-order valence-electron chi connectivity index (χ3n) is 3.16. The molecule has 15 heavy (non-hydrogen) atoms. The van der Waals surface area contributed by atoms with Gasteiger partial charge in [0.2, 0.25) is 0 Å². The maximum Gasteiger partial charge on any atom is 0.320 e. The Morgan fingerprint density at radius 1 is 1.73 bits per heavy atom. The highest BCUT2D eigenvalue weighted by Gasteiger charge is 2.58. The second-order valence-electron chi connectivity index (χ2n) is 4.58. The minimum atomic E-state index is -0.463. The summed E-state index contributed by atoms with van der Waals surface area (Å²) >= 11 is 0. The van der Waals surface area contributed by atoms with E-state index in [2.05, 4.69) is 6.08 Å². The number of carbonyl (C=O) groups is 1. The fourth-order valence-corrected chi connectivity index (χ4v) is 2.21. The molecule has 2 aliphatic rings. The van der Waals surface area contributed by atoms with Gasteiger partial charge in [-0.15, -0.1) is 0 Å². The third kappa shape index (κ3) is 1.51. The molecule has 1 N–H and O–H groups in total. The smallest absolute Gasteiger partial charge is 0.320 e. The van der Waals surface area contributed by atoms with Crippen LogP contribution in [0.5, 0.6) is 0 Å². The SMILES string of the molecule is CC(C)=CC[C@]12C=C(CO)C[C@H]1OC2=O. The molecule has 0 amide bonds. The molecular formula is C12H16O3. The van der Waals surface area contributed by atoms with E-state index in [9.17, 15) is 4.79 Å². The van der Waals surface area contributed by atoms with Gasteiger partial charge < -0.3 is 9.84 Å². The molecule has 1 heterocycles. The summed E-state index contributed by atoms with van der Waals surface area (Å²) in [7, 11) is 0. The van der Waals surface area contributed by atoms with Crippen molar-refractivity contribution < 1.29 is 14.6 Å². The molecule has 2 atom stereocenters. The summed E-state index contributed by atoms with van der Waals surface area (Å²) in [5, 5.41) is 9.06. The maximum atomic E-state index is 11.5. The lowest BCUT2D eigenvalue weighted by Crippen LogP contribution is -2.52. The van der Waals surface area contributed by atoms with Crippen molar-refractivity contribution in [2.45, 2.75) is 32.8 Å². The van der Waals surface area contributed by atoms with Crippen LogP contribution in [0, 0.1) is 5.41 Å². The zero-order valence-corrected chi connectivity index (χ0v) is 9.12. The van der Waals surface area contributed by atoms with Gasteiger partial charge in [-0.25, -0.2) is 0 Å². The van der Waals surface area contributed by atoms with Gasteiger partial charge in [-0.2, -0.15) is 0 Å². The summed E-state index contributed by atoms with van der Waals surface area (Å²) in [5.41, 5.74) is 1.66. The lowest BCUT2D eigenvalue weighted by Gasteiger charge is -2.41. The first-order valence-electron chi connectivity index (χ1n) is 5.24. The average molecular weight is 208 g/mol. The highest BCUT2D eigenvalue weighted by atomic mass is 16.6. The second-order valence-corrected chi connectivity index (χ2v) is 4.58. The molecule has 0 aromatic rings. The molecule has 0 saturated carbocycles. The molecule has 1 aliphatic carbocycles.